The Morgan fingerprint density at radius 2 is 0.759 bits per heavy atom. The predicted octanol–water partition coefficient (Wildman–Crippen LogP) is 4.79. The molecule has 0 saturated carbocycles. The van der Waals surface area contributed by atoms with Gasteiger partial charge >= 0.3 is 18.9 Å². The van der Waals surface area contributed by atoms with Crippen molar-refractivity contribution in [2.75, 3.05) is 0 Å². The Kier molecular flexibility index (Phi) is 6.17. The molecule has 0 aliphatic carbocycles. The summed E-state index contributed by atoms with van der Waals surface area (Å²) in [5.74, 6) is -1.05. The monoisotopic (exact) mass is 381 g/mol. The van der Waals surface area contributed by atoms with Crippen LogP contribution >= 0.6 is 0 Å². The van der Waals surface area contributed by atoms with Crippen molar-refractivity contribution in [2.45, 2.75) is 0 Å². The molecule has 0 aliphatic heterocycles. The maximum Gasteiger partial charge on any atom is 1.00 e. The molecule has 0 aromatic heterocycles. The molecule has 0 spiro atoms. The fourth-order valence-corrected chi connectivity index (χ4v) is 3.17. The second-order valence-electron chi connectivity index (χ2n) is 6.47. The third kappa shape index (κ3) is 4.40. The minimum atomic E-state index is -0.358. The SMILES string of the molecule is [Li+].[NH-]c1c(-c2ccc(F)cc2)cc(-c2ccc(F)cc2)cc1-c1ccc(F)cc1. The van der Waals surface area contributed by atoms with E-state index in [-0.39, 0.29) is 42.0 Å². The van der Waals surface area contributed by atoms with Crippen LogP contribution in [0.25, 0.3) is 39.1 Å². The van der Waals surface area contributed by atoms with Crippen molar-refractivity contribution in [3.8, 4) is 33.4 Å². The Hall–Kier alpha value is -2.93. The van der Waals surface area contributed by atoms with Gasteiger partial charge in [0, 0.05) is 0 Å². The van der Waals surface area contributed by atoms with E-state index in [1.54, 1.807) is 36.4 Å². The second-order valence-corrected chi connectivity index (χ2v) is 6.47. The number of nitrogens with one attached hydrogen (secondary N) is 1. The minimum absolute atomic E-state index is 0. The molecule has 4 rings (SSSR count). The second kappa shape index (κ2) is 8.61. The zero-order valence-electron chi connectivity index (χ0n) is 15.7. The van der Waals surface area contributed by atoms with Crippen LogP contribution in [0.2, 0.25) is 0 Å². The first-order valence-electron chi connectivity index (χ1n) is 8.69. The van der Waals surface area contributed by atoms with Crippen LogP contribution in [-0.4, -0.2) is 0 Å². The normalized spacial score (nSPS) is 10.4. The van der Waals surface area contributed by atoms with Crippen molar-refractivity contribution in [3.63, 3.8) is 0 Å². The molecule has 0 amide bonds. The van der Waals surface area contributed by atoms with Crippen LogP contribution < -0.4 is 18.9 Å². The van der Waals surface area contributed by atoms with E-state index in [9.17, 15) is 13.2 Å². The van der Waals surface area contributed by atoms with Crippen molar-refractivity contribution < 1.29 is 32.0 Å². The van der Waals surface area contributed by atoms with Gasteiger partial charge in [0.1, 0.15) is 17.5 Å². The van der Waals surface area contributed by atoms with Crippen LogP contribution in [-0.2, 0) is 0 Å². The van der Waals surface area contributed by atoms with Crippen LogP contribution in [0.3, 0.4) is 0 Å². The van der Waals surface area contributed by atoms with Gasteiger partial charge in [0.15, 0.2) is 0 Å². The van der Waals surface area contributed by atoms with Crippen LogP contribution in [0.1, 0.15) is 0 Å². The van der Waals surface area contributed by atoms with Gasteiger partial charge in [-0.1, -0.05) is 36.4 Å². The third-order valence-electron chi connectivity index (χ3n) is 4.63. The van der Waals surface area contributed by atoms with Crippen LogP contribution in [0.4, 0.5) is 18.9 Å². The average Bonchev–Trinajstić information content (AvgIpc) is 2.70. The van der Waals surface area contributed by atoms with E-state index in [1.165, 1.54) is 36.4 Å². The number of hydrogen-bond donors (Lipinski definition) is 0. The van der Waals surface area contributed by atoms with Gasteiger partial charge in [-0.25, -0.2) is 13.2 Å². The van der Waals surface area contributed by atoms with Gasteiger partial charge in [-0.3, -0.25) is 0 Å². The Morgan fingerprint density at radius 3 is 1.10 bits per heavy atom. The number of hydrogen-bond acceptors (Lipinski definition) is 0. The fraction of sp³-hybridized carbons (Fsp3) is 0. The van der Waals surface area contributed by atoms with Gasteiger partial charge in [0.2, 0.25) is 0 Å². The third-order valence-corrected chi connectivity index (χ3v) is 4.63. The summed E-state index contributed by atoms with van der Waals surface area (Å²) < 4.78 is 40.0. The van der Waals surface area contributed by atoms with Gasteiger partial charge in [0.05, 0.1) is 0 Å². The van der Waals surface area contributed by atoms with E-state index in [1.807, 2.05) is 12.1 Å². The molecule has 4 aromatic rings. The standard InChI is InChI=1S/C24H15F3N.Li/c25-19-7-1-15(2-8-19)18-13-22(16-3-9-20(26)10-4-16)24(28)23(14-18)17-5-11-21(27)12-6-17;/h1-14,28H;/q-1;+1. The molecule has 1 nitrogen and oxygen atoms in total. The largest absolute Gasteiger partial charge is 1.00 e. The van der Waals surface area contributed by atoms with E-state index in [4.69, 9.17) is 5.73 Å². The molecule has 5 heteroatoms. The van der Waals surface area contributed by atoms with Crippen LogP contribution in [0, 0.1) is 17.5 Å². The van der Waals surface area contributed by atoms with E-state index in [2.05, 4.69) is 0 Å². The Bertz CT molecular complexity index is 1060. The van der Waals surface area contributed by atoms with E-state index in [0.29, 0.717) is 22.3 Å². The van der Waals surface area contributed by atoms with Gasteiger partial charge < -0.3 is 5.73 Å². The number of benzene rings is 4. The summed E-state index contributed by atoms with van der Waals surface area (Å²) in [5.41, 5.74) is 13.1. The van der Waals surface area contributed by atoms with Gasteiger partial charge in [-0.05, 0) is 81.9 Å². The zero-order valence-corrected chi connectivity index (χ0v) is 15.7. The van der Waals surface area contributed by atoms with Crippen molar-refractivity contribution in [2.24, 2.45) is 0 Å². The van der Waals surface area contributed by atoms with Crippen molar-refractivity contribution in [3.05, 3.63) is 108 Å². The molecule has 0 unspecified atom stereocenters. The number of rotatable bonds is 3. The molecule has 0 atom stereocenters. The summed E-state index contributed by atoms with van der Waals surface area (Å²) >= 11 is 0. The maximum absolute atomic E-state index is 13.3. The molecule has 4 aromatic carbocycles. The predicted molar refractivity (Wildman–Crippen MR) is 107 cm³/mol. The first kappa shape index (κ1) is 20.8. The average molecular weight is 381 g/mol. The summed E-state index contributed by atoms with van der Waals surface area (Å²) in [5, 5.41) is 0. The summed E-state index contributed by atoms with van der Waals surface area (Å²) in [4.78, 5) is 0. The van der Waals surface area contributed by atoms with E-state index < -0.39 is 0 Å². The topological polar surface area (TPSA) is 23.8 Å². The fourth-order valence-electron chi connectivity index (χ4n) is 3.17. The van der Waals surface area contributed by atoms with E-state index >= 15 is 0 Å². The molecule has 0 fully saturated rings. The summed E-state index contributed by atoms with van der Waals surface area (Å²) in [6.07, 6.45) is 0. The summed E-state index contributed by atoms with van der Waals surface area (Å²) in [7, 11) is 0. The van der Waals surface area contributed by atoms with Gasteiger partial charge in [0.25, 0.3) is 0 Å². The van der Waals surface area contributed by atoms with Crippen molar-refractivity contribution in [1.29, 1.82) is 0 Å². The molecule has 0 bridgehead atoms. The quantitative estimate of drug-likeness (QED) is 0.456. The maximum atomic E-state index is 13.3. The van der Waals surface area contributed by atoms with Gasteiger partial charge in [-0.2, -0.15) is 0 Å². The first-order chi connectivity index (χ1) is 13.5. The molecular weight excluding hydrogens is 366 g/mol. The van der Waals surface area contributed by atoms with Crippen molar-refractivity contribution >= 4 is 5.69 Å². The molecular formula is C24H15F3LiN. The van der Waals surface area contributed by atoms with E-state index in [0.717, 1.165) is 11.1 Å². The minimum Gasteiger partial charge on any atom is -0.698 e. The Labute approximate surface area is 179 Å². The molecule has 0 radical (unpaired) electrons. The van der Waals surface area contributed by atoms with Crippen LogP contribution in [0.5, 0.6) is 0 Å². The molecule has 138 valence electrons. The molecule has 0 aliphatic rings. The molecule has 1 N–H and O–H groups in total. The summed E-state index contributed by atoms with van der Waals surface area (Å²) in [6.45, 7) is 0. The number of halogens is 3. The van der Waals surface area contributed by atoms with Crippen LogP contribution in [0.15, 0.2) is 84.9 Å². The Balaban J connectivity index is 0.00000240. The van der Waals surface area contributed by atoms with Crippen molar-refractivity contribution in [1.82, 2.24) is 0 Å². The molecule has 0 heterocycles. The first-order valence-corrected chi connectivity index (χ1v) is 8.69. The molecule has 29 heavy (non-hydrogen) atoms. The summed E-state index contributed by atoms with van der Waals surface area (Å²) in [6, 6.07) is 21.6. The van der Waals surface area contributed by atoms with Gasteiger partial charge in [-0.15, -0.1) is 5.69 Å². The smallest absolute Gasteiger partial charge is 0.698 e. The zero-order chi connectivity index (χ0) is 19.7. The Morgan fingerprint density at radius 1 is 0.448 bits per heavy atom. The molecule has 0 saturated heterocycles.